The number of anilines is 2. The Kier molecular flexibility index (Phi) is 2.70. The minimum absolute atomic E-state index is 0.0859. The van der Waals surface area contributed by atoms with Gasteiger partial charge in [0.2, 0.25) is 0 Å². The topological polar surface area (TPSA) is 6.48 Å². The molecule has 1 aliphatic rings. The van der Waals surface area contributed by atoms with Crippen molar-refractivity contribution in [3.8, 4) is 0 Å². The van der Waals surface area contributed by atoms with Crippen LogP contribution in [0.4, 0.5) is 11.4 Å². The van der Waals surface area contributed by atoms with Gasteiger partial charge in [-0.15, -0.1) is 0 Å². The van der Waals surface area contributed by atoms with Crippen molar-refractivity contribution in [3.63, 3.8) is 0 Å². The van der Waals surface area contributed by atoms with E-state index in [1.807, 2.05) is 0 Å². The van der Waals surface area contributed by atoms with Crippen molar-refractivity contribution in [2.45, 2.75) is 32.4 Å². The largest absolute Gasteiger partial charge is 0.351 e. The van der Waals surface area contributed by atoms with Crippen molar-refractivity contribution in [2.75, 3.05) is 23.9 Å². The third kappa shape index (κ3) is 1.43. The van der Waals surface area contributed by atoms with Gasteiger partial charge in [0.15, 0.2) is 0 Å². The summed E-state index contributed by atoms with van der Waals surface area (Å²) in [6.45, 7) is 4.56. The summed E-state index contributed by atoms with van der Waals surface area (Å²) < 4.78 is 0. The molecule has 0 amide bonds. The molecule has 0 saturated carbocycles. The molecule has 3 rings (SSSR count). The Labute approximate surface area is 115 Å². The van der Waals surface area contributed by atoms with Gasteiger partial charge in [-0.05, 0) is 30.4 Å². The van der Waals surface area contributed by atoms with Gasteiger partial charge in [0.05, 0.1) is 0 Å². The molecule has 2 nitrogen and oxygen atoms in total. The lowest BCUT2D eigenvalue weighted by molar-refractivity contribution is 0.367. The third-order valence-electron chi connectivity index (χ3n) is 4.96. The Morgan fingerprint density at radius 3 is 1.74 bits per heavy atom. The van der Waals surface area contributed by atoms with Crippen LogP contribution in [0.3, 0.4) is 0 Å². The highest BCUT2D eigenvalue weighted by Crippen LogP contribution is 2.46. The molecule has 1 heterocycles. The van der Waals surface area contributed by atoms with Crippen molar-refractivity contribution in [2.24, 2.45) is 0 Å². The molecular formula is C17H22N2. The number of benzene rings is 2. The fraction of sp³-hybridized carbons (Fsp3) is 0.412. The molecule has 0 N–H and O–H groups in total. The average molecular weight is 254 g/mol. The zero-order valence-electron chi connectivity index (χ0n) is 12.3. The first kappa shape index (κ1) is 12.3. The zero-order valence-corrected chi connectivity index (χ0v) is 12.3. The Bertz CT molecular complexity index is 567. The summed E-state index contributed by atoms with van der Waals surface area (Å²) in [5.41, 5.74) is 2.80. The van der Waals surface area contributed by atoms with Gasteiger partial charge in [-0.3, -0.25) is 0 Å². The van der Waals surface area contributed by atoms with Crippen LogP contribution >= 0.6 is 0 Å². The van der Waals surface area contributed by atoms with Crippen LogP contribution in [0, 0.1) is 0 Å². The standard InChI is InChI=1S/C17H22N2/c1-5-17(6-2)18(3)14-11-7-9-13-10-8-12-15(16(13)14)19(17)4/h7-12H,5-6H2,1-4H3. The molecule has 0 aromatic heterocycles. The van der Waals surface area contributed by atoms with E-state index in [-0.39, 0.29) is 5.66 Å². The molecular weight excluding hydrogens is 232 g/mol. The van der Waals surface area contributed by atoms with Gasteiger partial charge in [-0.25, -0.2) is 0 Å². The highest BCUT2D eigenvalue weighted by molar-refractivity contribution is 6.05. The first-order chi connectivity index (χ1) is 9.15. The maximum absolute atomic E-state index is 2.46. The van der Waals surface area contributed by atoms with Crippen molar-refractivity contribution >= 4 is 22.1 Å². The Balaban J connectivity index is 2.36. The maximum Gasteiger partial charge on any atom is 0.112 e. The first-order valence-electron chi connectivity index (χ1n) is 7.15. The quantitative estimate of drug-likeness (QED) is 0.791. The molecule has 0 fully saturated rings. The van der Waals surface area contributed by atoms with Crippen molar-refractivity contribution in [1.82, 2.24) is 0 Å². The van der Waals surface area contributed by atoms with Gasteiger partial charge < -0.3 is 9.80 Å². The van der Waals surface area contributed by atoms with Crippen LogP contribution in [-0.2, 0) is 0 Å². The molecule has 0 radical (unpaired) electrons. The maximum atomic E-state index is 2.46. The van der Waals surface area contributed by atoms with E-state index in [1.54, 1.807) is 0 Å². The van der Waals surface area contributed by atoms with Gasteiger partial charge in [0.25, 0.3) is 0 Å². The summed E-state index contributed by atoms with van der Waals surface area (Å²) in [6.07, 6.45) is 2.22. The van der Waals surface area contributed by atoms with Gasteiger partial charge in [0.1, 0.15) is 5.66 Å². The molecule has 2 aromatic carbocycles. The molecule has 19 heavy (non-hydrogen) atoms. The van der Waals surface area contributed by atoms with E-state index < -0.39 is 0 Å². The normalized spacial score (nSPS) is 17.1. The fourth-order valence-corrected chi connectivity index (χ4v) is 3.73. The monoisotopic (exact) mass is 254 g/mol. The Morgan fingerprint density at radius 1 is 0.842 bits per heavy atom. The second-order valence-electron chi connectivity index (χ2n) is 5.46. The Morgan fingerprint density at radius 2 is 1.32 bits per heavy atom. The average Bonchev–Trinajstić information content (AvgIpc) is 2.46. The molecule has 100 valence electrons. The molecule has 0 aliphatic carbocycles. The summed E-state index contributed by atoms with van der Waals surface area (Å²) in [5.74, 6) is 0. The summed E-state index contributed by atoms with van der Waals surface area (Å²) in [6, 6.07) is 13.2. The number of hydrogen-bond donors (Lipinski definition) is 0. The molecule has 1 aliphatic heterocycles. The molecule has 0 atom stereocenters. The SMILES string of the molecule is CCC1(CC)N(C)c2cccc3cccc(c23)N1C. The minimum atomic E-state index is 0.0859. The minimum Gasteiger partial charge on any atom is -0.351 e. The van der Waals surface area contributed by atoms with E-state index in [0.717, 1.165) is 12.8 Å². The van der Waals surface area contributed by atoms with Crippen LogP contribution in [0.1, 0.15) is 26.7 Å². The van der Waals surface area contributed by atoms with Crippen LogP contribution in [-0.4, -0.2) is 19.8 Å². The fourth-order valence-electron chi connectivity index (χ4n) is 3.73. The van der Waals surface area contributed by atoms with Crippen LogP contribution in [0.5, 0.6) is 0 Å². The lowest BCUT2D eigenvalue weighted by atomic mass is 9.92. The van der Waals surface area contributed by atoms with Gasteiger partial charge >= 0.3 is 0 Å². The van der Waals surface area contributed by atoms with E-state index in [2.05, 4.69) is 74.1 Å². The highest BCUT2D eigenvalue weighted by Gasteiger charge is 2.40. The summed E-state index contributed by atoms with van der Waals surface area (Å²) in [7, 11) is 4.46. The summed E-state index contributed by atoms with van der Waals surface area (Å²) in [4.78, 5) is 4.92. The predicted octanol–water partition coefficient (Wildman–Crippen LogP) is 4.24. The van der Waals surface area contributed by atoms with E-state index in [0.29, 0.717) is 0 Å². The van der Waals surface area contributed by atoms with Gasteiger partial charge in [-0.2, -0.15) is 0 Å². The van der Waals surface area contributed by atoms with Crippen molar-refractivity contribution < 1.29 is 0 Å². The van der Waals surface area contributed by atoms with Crippen molar-refractivity contribution in [3.05, 3.63) is 36.4 Å². The first-order valence-corrected chi connectivity index (χ1v) is 7.15. The predicted molar refractivity (Wildman–Crippen MR) is 84.1 cm³/mol. The zero-order chi connectivity index (χ0) is 13.6. The Hall–Kier alpha value is -1.70. The second-order valence-corrected chi connectivity index (χ2v) is 5.46. The summed E-state index contributed by atoms with van der Waals surface area (Å²) >= 11 is 0. The molecule has 0 bridgehead atoms. The lowest BCUT2D eigenvalue weighted by Crippen LogP contribution is -2.59. The smallest absolute Gasteiger partial charge is 0.112 e. The van der Waals surface area contributed by atoms with E-state index in [9.17, 15) is 0 Å². The molecule has 0 saturated heterocycles. The lowest BCUT2D eigenvalue weighted by Gasteiger charge is -2.53. The van der Waals surface area contributed by atoms with Crippen molar-refractivity contribution in [1.29, 1.82) is 0 Å². The number of hydrogen-bond acceptors (Lipinski definition) is 2. The van der Waals surface area contributed by atoms with E-state index in [4.69, 9.17) is 0 Å². The second kappa shape index (κ2) is 4.16. The van der Waals surface area contributed by atoms with E-state index >= 15 is 0 Å². The molecule has 0 spiro atoms. The number of nitrogens with zero attached hydrogens (tertiary/aromatic N) is 2. The molecule has 2 heteroatoms. The van der Waals surface area contributed by atoms with Crippen LogP contribution in [0.15, 0.2) is 36.4 Å². The van der Waals surface area contributed by atoms with Gasteiger partial charge in [-0.1, -0.05) is 38.1 Å². The molecule has 0 unspecified atom stereocenters. The molecule has 2 aromatic rings. The van der Waals surface area contributed by atoms with Crippen LogP contribution in [0.25, 0.3) is 10.8 Å². The van der Waals surface area contributed by atoms with Gasteiger partial charge in [0, 0.05) is 30.9 Å². The van der Waals surface area contributed by atoms with E-state index in [1.165, 1.54) is 22.1 Å². The summed E-state index contributed by atoms with van der Waals surface area (Å²) in [5, 5.41) is 2.71. The van der Waals surface area contributed by atoms with Crippen LogP contribution in [0.2, 0.25) is 0 Å². The highest BCUT2D eigenvalue weighted by atomic mass is 15.4. The van der Waals surface area contributed by atoms with Crippen LogP contribution < -0.4 is 9.80 Å². The third-order valence-corrected chi connectivity index (χ3v) is 4.96. The number of rotatable bonds is 2.